The van der Waals surface area contributed by atoms with Gasteiger partial charge in [0.1, 0.15) is 0 Å². The Morgan fingerprint density at radius 1 is 1.33 bits per heavy atom. The molecule has 0 aliphatic rings. The molecule has 0 aliphatic carbocycles. The van der Waals surface area contributed by atoms with Crippen LogP contribution in [0.5, 0.6) is 0 Å². The summed E-state index contributed by atoms with van der Waals surface area (Å²) in [7, 11) is 0. The van der Waals surface area contributed by atoms with Crippen LogP contribution in [0, 0.1) is 0 Å². The van der Waals surface area contributed by atoms with Gasteiger partial charge in [-0.3, -0.25) is 0 Å². The van der Waals surface area contributed by atoms with Crippen molar-refractivity contribution in [1.82, 2.24) is 0 Å². The van der Waals surface area contributed by atoms with E-state index < -0.39 is 5.54 Å². The Hall–Kier alpha value is -0.730. The lowest BCUT2D eigenvalue weighted by Crippen LogP contribution is -2.29. The monoisotopic (exact) mass is 184 g/mol. The summed E-state index contributed by atoms with van der Waals surface area (Å²) < 4.78 is 0. The lowest BCUT2D eigenvalue weighted by Gasteiger charge is -2.21. The third-order valence-electron chi connectivity index (χ3n) is 1.71. The van der Waals surface area contributed by atoms with Gasteiger partial charge < -0.3 is 11.5 Å². The summed E-state index contributed by atoms with van der Waals surface area (Å²) >= 11 is 5.81. The molecule has 0 saturated carbocycles. The molecule has 0 atom stereocenters. The molecular formula is C9H13ClN2. The van der Waals surface area contributed by atoms with Gasteiger partial charge in [-0.15, -0.1) is 0 Å². The number of rotatable bonds is 1. The Kier molecular flexibility index (Phi) is 2.31. The Balaban J connectivity index is 3.23. The van der Waals surface area contributed by atoms with E-state index in [1.54, 1.807) is 18.2 Å². The molecule has 3 heteroatoms. The van der Waals surface area contributed by atoms with Crippen molar-refractivity contribution in [2.24, 2.45) is 5.73 Å². The van der Waals surface area contributed by atoms with Crippen LogP contribution in [0.25, 0.3) is 0 Å². The van der Waals surface area contributed by atoms with Crippen LogP contribution < -0.4 is 11.5 Å². The van der Waals surface area contributed by atoms with Gasteiger partial charge in [0, 0.05) is 16.2 Å². The molecule has 4 N–H and O–H groups in total. The topological polar surface area (TPSA) is 52.0 Å². The van der Waals surface area contributed by atoms with Crippen molar-refractivity contribution in [2.75, 3.05) is 5.73 Å². The van der Waals surface area contributed by atoms with E-state index in [0.29, 0.717) is 10.7 Å². The maximum absolute atomic E-state index is 5.89. The maximum Gasteiger partial charge on any atom is 0.0410 e. The molecule has 0 aliphatic heterocycles. The highest BCUT2D eigenvalue weighted by Crippen LogP contribution is 2.26. The molecule has 0 unspecified atom stereocenters. The number of benzene rings is 1. The first-order chi connectivity index (χ1) is 5.41. The van der Waals surface area contributed by atoms with E-state index in [4.69, 9.17) is 23.1 Å². The molecule has 0 amide bonds. The minimum atomic E-state index is -0.436. The fraction of sp³-hybridized carbons (Fsp3) is 0.333. The van der Waals surface area contributed by atoms with E-state index in [9.17, 15) is 0 Å². The van der Waals surface area contributed by atoms with E-state index in [1.165, 1.54) is 0 Å². The summed E-state index contributed by atoms with van der Waals surface area (Å²) in [5, 5.41) is 0.665. The quantitative estimate of drug-likeness (QED) is 0.657. The maximum atomic E-state index is 5.89. The first-order valence-electron chi connectivity index (χ1n) is 3.75. The van der Waals surface area contributed by atoms with Crippen molar-refractivity contribution in [3.63, 3.8) is 0 Å². The summed E-state index contributed by atoms with van der Waals surface area (Å²) in [5.74, 6) is 0. The average molecular weight is 185 g/mol. The Bertz CT molecular complexity index is 289. The molecule has 0 radical (unpaired) electrons. The summed E-state index contributed by atoms with van der Waals surface area (Å²) in [6, 6.07) is 5.33. The highest BCUT2D eigenvalue weighted by atomic mass is 35.5. The summed E-state index contributed by atoms with van der Waals surface area (Å²) in [6.45, 7) is 3.80. The molecule has 12 heavy (non-hydrogen) atoms. The standard InChI is InChI=1S/C9H13ClN2/c1-9(2,12)7-5-6(10)3-4-8(7)11/h3-5H,11-12H2,1-2H3. The number of anilines is 1. The molecule has 0 saturated heterocycles. The highest BCUT2D eigenvalue weighted by molar-refractivity contribution is 6.30. The van der Waals surface area contributed by atoms with Crippen molar-refractivity contribution in [3.05, 3.63) is 28.8 Å². The second kappa shape index (κ2) is 2.96. The molecule has 1 aromatic rings. The van der Waals surface area contributed by atoms with Crippen LogP contribution in [0.1, 0.15) is 19.4 Å². The van der Waals surface area contributed by atoms with Crippen molar-refractivity contribution in [2.45, 2.75) is 19.4 Å². The van der Waals surface area contributed by atoms with Gasteiger partial charge in [-0.05, 0) is 37.6 Å². The highest BCUT2D eigenvalue weighted by Gasteiger charge is 2.17. The number of hydrogen-bond acceptors (Lipinski definition) is 2. The number of hydrogen-bond donors (Lipinski definition) is 2. The predicted molar refractivity (Wildman–Crippen MR) is 53.1 cm³/mol. The van der Waals surface area contributed by atoms with Crippen molar-refractivity contribution >= 4 is 17.3 Å². The minimum absolute atomic E-state index is 0.436. The van der Waals surface area contributed by atoms with Crippen LogP contribution in [0.3, 0.4) is 0 Å². The van der Waals surface area contributed by atoms with Crippen molar-refractivity contribution in [1.29, 1.82) is 0 Å². The molecule has 0 heterocycles. The molecule has 1 rings (SSSR count). The smallest absolute Gasteiger partial charge is 0.0410 e. The normalized spacial score (nSPS) is 11.7. The lowest BCUT2D eigenvalue weighted by atomic mass is 9.94. The Labute approximate surface area is 77.5 Å². The Morgan fingerprint density at radius 3 is 2.33 bits per heavy atom. The molecule has 0 bridgehead atoms. The fourth-order valence-corrected chi connectivity index (χ4v) is 1.26. The molecule has 2 nitrogen and oxygen atoms in total. The summed E-state index contributed by atoms with van der Waals surface area (Å²) in [4.78, 5) is 0. The van der Waals surface area contributed by atoms with Gasteiger partial charge in [-0.25, -0.2) is 0 Å². The zero-order valence-electron chi connectivity index (χ0n) is 7.26. The number of nitrogen functional groups attached to an aromatic ring is 1. The van der Waals surface area contributed by atoms with Crippen LogP contribution in [0.2, 0.25) is 5.02 Å². The second-order valence-corrected chi connectivity index (χ2v) is 3.89. The molecule has 0 fully saturated rings. The molecule has 1 aromatic carbocycles. The fourth-order valence-electron chi connectivity index (χ4n) is 1.09. The number of halogens is 1. The zero-order chi connectivity index (χ0) is 9.35. The second-order valence-electron chi connectivity index (χ2n) is 3.45. The van der Waals surface area contributed by atoms with Crippen molar-refractivity contribution < 1.29 is 0 Å². The largest absolute Gasteiger partial charge is 0.398 e. The van der Waals surface area contributed by atoms with Crippen molar-refractivity contribution in [3.8, 4) is 0 Å². The van der Waals surface area contributed by atoms with E-state index in [-0.39, 0.29) is 0 Å². The number of nitrogens with two attached hydrogens (primary N) is 2. The van der Waals surface area contributed by atoms with E-state index in [0.717, 1.165) is 5.56 Å². The molecular weight excluding hydrogens is 172 g/mol. The zero-order valence-corrected chi connectivity index (χ0v) is 8.02. The average Bonchev–Trinajstić information content (AvgIpc) is 1.92. The third kappa shape index (κ3) is 1.90. The first-order valence-corrected chi connectivity index (χ1v) is 4.13. The van der Waals surface area contributed by atoms with Gasteiger partial charge in [0.25, 0.3) is 0 Å². The minimum Gasteiger partial charge on any atom is -0.398 e. The van der Waals surface area contributed by atoms with Crippen LogP contribution >= 0.6 is 11.6 Å². The van der Waals surface area contributed by atoms with Crippen LogP contribution in [0.15, 0.2) is 18.2 Å². The van der Waals surface area contributed by atoms with Gasteiger partial charge in [0.05, 0.1) is 0 Å². The van der Waals surface area contributed by atoms with Gasteiger partial charge in [0.2, 0.25) is 0 Å². The van der Waals surface area contributed by atoms with Gasteiger partial charge in [-0.1, -0.05) is 11.6 Å². The van der Waals surface area contributed by atoms with Crippen LogP contribution in [-0.2, 0) is 5.54 Å². The Morgan fingerprint density at radius 2 is 1.92 bits per heavy atom. The molecule has 0 aromatic heterocycles. The summed E-state index contributed by atoms with van der Waals surface area (Å²) in [5.41, 5.74) is 12.8. The van der Waals surface area contributed by atoms with Gasteiger partial charge >= 0.3 is 0 Å². The molecule has 0 spiro atoms. The first kappa shape index (κ1) is 9.36. The third-order valence-corrected chi connectivity index (χ3v) is 1.94. The predicted octanol–water partition coefficient (Wildman–Crippen LogP) is 2.12. The lowest BCUT2D eigenvalue weighted by molar-refractivity contribution is 0.557. The molecule has 66 valence electrons. The van der Waals surface area contributed by atoms with E-state index in [2.05, 4.69) is 0 Å². The SMILES string of the molecule is CC(C)(N)c1cc(Cl)ccc1N. The van der Waals surface area contributed by atoms with Crippen LogP contribution in [0.4, 0.5) is 5.69 Å². The summed E-state index contributed by atoms with van der Waals surface area (Å²) in [6.07, 6.45) is 0. The van der Waals surface area contributed by atoms with E-state index in [1.807, 2.05) is 13.8 Å². The van der Waals surface area contributed by atoms with Gasteiger partial charge in [0.15, 0.2) is 0 Å². The van der Waals surface area contributed by atoms with Crippen LogP contribution in [-0.4, -0.2) is 0 Å². The van der Waals surface area contributed by atoms with Gasteiger partial charge in [-0.2, -0.15) is 0 Å². The van der Waals surface area contributed by atoms with E-state index >= 15 is 0 Å².